The number of allylic oxidation sites excluding steroid dienone is 1. The largest absolute Gasteiger partial charge is 0.379 e. The molecule has 168 valence electrons. The minimum atomic E-state index is 0.417. The van der Waals surface area contributed by atoms with Gasteiger partial charge in [0.05, 0.1) is 14.0 Å². The molecule has 0 aromatic rings. The molecule has 0 aromatic carbocycles. The van der Waals surface area contributed by atoms with Gasteiger partial charge in [0.1, 0.15) is 0 Å². The van der Waals surface area contributed by atoms with E-state index in [1.807, 2.05) is 0 Å². The molecule has 0 N–H and O–H groups in total. The number of hydrogen-bond acceptors (Lipinski definition) is 1. The highest BCUT2D eigenvalue weighted by Gasteiger charge is 2.58. The number of fused-ring (bicyclic) bond motifs is 5. The van der Waals surface area contributed by atoms with Gasteiger partial charge in [0.2, 0.25) is 0 Å². The normalized spacial score (nSPS) is 43.1. The predicted octanol–water partition coefficient (Wildman–Crippen LogP) is 7.75. The average Bonchev–Trinajstić information content (AvgIpc) is 3.05. The molecule has 0 amide bonds. The van der Waals surface area contributed by atoms with Crippen LogP contribution in [0.2, 0.25) is 6.32 Å². The molecule has 1 unspecified atom stereocenters. The van der Waals surface area contributed by atoms with Crippen LogP contribution in [0.1, 0.15) is 105 Å². The maximum absolute atomic E-state index is 6.06. The van der Waals surface area contributed by atoms with E-state index < -0.39 is 0 Å². The minimum Gasteiger partial charge on any atom is -0.379 e. The predicted molar refractivity (Wildman–Crippen MR) is 129 cm³/mol. The zero-order valence-corrected chi connectivity index (χ0v) is 20.4. The Morgan fingerprint density at radius 3 is 2.67 bits per heavy atom. The van der Waals surface area contributed by atoms with Crippen LogP contribution in [0.3, 0.4) is 0 Å². The van der Waals surface area contributed by atoms with E-state index in [4.69, 9.17) is 12.6 Å². The lowest BCUT2D eigenvalue weighted by Gasteiger charge is -2.58. The van der Waals surface area contributed by atoms with Gasteiger partial charge in [-0.05, 0) is 98.2 Å². The second kappa shape index (κ2) is 9.32. The van der Waals surface area contributed by atoms with Gasteiger partial charge in [-0.15, -0.1) is 0 Å². The van der Waals surface area contributed by atoms with Crippen LogP contribution in [0.5, 0.6) is 0 Å². The van der Waals surface area contributed by atoms with Crippen LogP contribution in [-0.4, -0.2) is 20.6 Å². The molecule has 0 bridgehead atoms. The number of ether oxygens (including phenoxy) is 1. The summed E-state index contributed by atoms with van der Waals surface area (Å²) in [6, 6.07) is 0. The Kier molecular flexibility index (Phi) is 7.13. The van der Waals surface area contributed by atoms with Crippen LogP contribution < -0.4 is 0 Å². The Morgan fingerprint density at radius 1 is 1.07 bits per heavy atom. The fourth-order valence-electron chi connectivity index (χ4n) is 8.53. The Hall–Kier alpha value is -0.235. The summed E-state index contributed by atoms with van der Waals surface area (Å²) in [6.45, 7) is 10.8. The number of hydrogen-bond donors (Lipinski definition) is 0. The van der Waals surface area contributed by atoms with Crippen molar-refractivity contribution in [3.8, 4) is 0 Å². The summed E-state index contributed by atoms with van der Waals surface area (Å²) in [4.78, 5) is 0. The van der Waals surface area contributed by atoms with Crippen LogP contribution in [0, 0.1) is 40.4 Å². The fraction of sp³-hybridized carbons (Fsp3) is 0.929. The molecule has 0 saturated heterocycles. The third kappa shape index (κ3) is 4.21. The molecule has 0 spiro atoms. The van der Waals surface area contributed by atoms with Gasteiger partial charge in [-0.3, -0.25) is 0 Å². The van der Waals surface area contributed by atoms with Crippen LogP contribution >= 0.6 is 0 Å². The molecule has 0 aliphatic heterocycles. The van der Waals surface area contributed by atoms with Crippen molar-refractivity contribution in [3.63, 3.8) is 0 Å². The third-order valence-electron chi connectivity index (χ3n) is 10.3. The highest BCUT2D eigenvalue weighted by atomic mass is 16.5. The van der Waals surface area contributed by atoms with Gasteiger partial charge >= 0.3 is 0 Å². The molecule has 4 rings (SSSR count). The Bertz CT molecular complexity index is 612. The van der Waals surface area contributed by atoms with E-state index in [1.54, 1.807) is 5.57 Å². The van der Waals surface area contributed by atoms with Crippen molar-refractivity contribution >= 4 is 7.85 Å². The number of rotatable bonds is 8. The second-order valence-electron chi connectivity index (χ2n) is 12.3. The minimum absolute atomic E-state index is 0.417. The maximum atomic E-state index is 6.06. The van der Waals surface area contributed by atoms with Crippen LogP contribution in [-0.2, 0) is 4.74 Å². The quantitative estimate of drug-likeness (QED) is 0.226. The van der Waals surface area contributed by atoms with E-state index in [0.717, 1.165) is 36.2 Å². The van der Waals surface area contributed by atoms with Crippen molar-refractivity contribution in [3.05, 3.63) is 11.6 Å². The summed E-state index contributed by atoms with van der Waals surface area (Å²) in [7, 11) is 5.68. The van der Waals surface area contributed by atoms with E-state index in [1.165, 1.54) is 77.0 Å². The van der Waals surface area contributed by atoms with Gasteiger partial charge < -0.3 is 4.74 Å². The molecule has 30 heavy (non-hydrogen) atoms. The molecule has 3 fully saturated rings. The van der Waals surface area contributed by atoms with Crippen molar-refractivity contribution in [2.24, 2.45) is 40.4 Å². The van der Waals surface area contributed by atoms with Gasteiger partial charge in [0, 0.05) is 6.61 Å². The molecular formula is C28H47BO. The second-order valence-corrected chi connectivity index (χ2v) is 12.3. The molecule has 3 saturated carbocycles. The highest BCUT2D eigenvalue weighted by molar-refractivity contribution is 6.08. The first-order valence-corrected chi connectivity index (χ1v) is 13.4. The van der Waals surface area contributed by atoms with Crippen molar-refractivity contribution < 1.29 is 4.74 Å². The monoisotopic (exact) mass is 410 g/mol. The zero-order chi connectivity index (χ0) is 21.4. The van der Waals surface area contributed by atoms with Gasteiger partial charge in [-0.1, -0.05) is 64.9 Å². The molecule has 4 aliphatic carbocycles. The molecule has 0 aromatic heterocycles. The van der Waals surface area contributed by atoms with Crippen LogP contribution in [0.4, 0.5) is 0 Å². The first-order valence-electron chi connectivity index (χ1n) is 13.4. The molecule has 1 nitrogen and oxygen atoms in total. The standard InChI is InChI=1S/C28H47BO/c1-20(2)7-5-6-8-21-10-12-25-24-11-9-22-19-23(30-18-17-29)13-15-28(22,4)26(24)14-16-27(21,25)3/h9,20-21,23-26H,5-8,10-19H2,1-4H3/t21-,23-,24-,25?,26-,27+,28-/m0/s1. The lowest BCUT2D eigenvalue weighted by molar-refractivity contribution is -0.0576. The molecule has 4 aliphatic rings. The molecule has 2 radical (unpaired) electrons. The van der Waals surface area contributed by atoms with E-state index in [0.29, 0.717) is 23.3 Å². The van der Waals surface area contributed by atoms with Crippen LogP contribution in [0.25, 0.3) is 0 Å². The van der Waals surface area contributed by atoms with E-state index in [-0.39, 0.29) is 0 Å². The Morgan fingerprint density at radius 2 is 1.90 bits per heavy atom. The fourth-order valence-corrected chi connectivity index (χ4v) is 8.53. The Labute approximate surface area is 188 Å². The average molecular weight is 410 g/mol. The van der Waals surface area contributed by atoms with Crippen molar-refractivity contribution in [1.82, 2.24) is 0 Å². The van der Waals surface area contributed by atoms with E-state index in [9.17, 15) is 0 Å². The Balaban J connectivity index is 1.42. The summed E-state index contributed by atoms with van der Waals surface area (Å²) in [6.07, 6.45) is 20.6. The third-order valence-corrected chi connectivity index (χ3v) is 10.3. The summed E-state index contributed by atoms with van der Waals surface area (Å²) in [5.74, 6) is 4.71. The SMILES string of the molecule is [B]CCO[C@H]1CC[C@@]2(C)C(=CC[C@H]3C4CC[C@H](CCCCC(C)C)[C@@]4(C)CC[C@@H]32)C1. The molecule has 0 heterocycles. The van der Waals surface area contributed by atoms with Gasteiger partial charge in [-0.25, -0.2) is 0 Å². The maximum Gasteiger partial charge on any atom is 0.0684 e. The highest BCUT2D eigenvalue weighted by Crippen LogP contribution is 2.66. The van der Waals surface area contributed by atoms with Crippen molar-refractivity contribution in [2.45, 2.75) is 117 Å². The van der Waals surface area contributed by atoms with E-state index >= 15 is 0 Å². The lowest BCUT2D eigenvalue weighted by atomic mass is 9.47. The topological polar surface area (TPSA) is 9.23 Å². The van der Waals surface area contributed by atoms with Crippen LogP contribution in [0.15, 0.2) is 11.6 Å². The summed E-state index contributed by atoms with van der Waals surface area (Å²) < 4.78 is 6.06. The first kappa shape index (κ1) is 22.9. The lowest BCUT2D eigenvalue weighted by Crippen LogP contribution is -2.50. The van der Waals surface area contributed by atoms with Gasteiger partial charge in [0.15, 0.2) is 0 Å². The summed E-state index contributed by atoms with van der Waals surface area (Å²) in [5.41, 5.74) is 2.81. The van der Waals surface area contributed by atoms with Gasteiger partial charge in [-0.2, -0.15) is 0 Å². The summed E-state index contributed by atoms with van der Waals surface area (Å²) >= 11 is 0. The first-order chi connectivity index (χ1) is 14.4. The van der Waals surface area contributed by atoms with Crippen molar-refractivity contribution in [2.75, 3.05) is 6.61 Å². The molecular weight excluding hydrogens is 363 g/mol. The molecule has 7 atom stereocenters. The molecule has 2 heteroatoms. The smallest absolute Gasteiger partial charge is 0.0684 e. The van der Waals surface area contributed by atoms with Gasteiger partial charge in [0.25, 0.3) is 0 Å². The van der Waals surface area contributed by atoms with Crippen molar-refractivity contribution in [1.29, 1.82) is 0 Å². The zero-order valence-electron chi connectivity index (χ0n) is 20.4. The number of unbranched alkanes of at least 4 members (excludes halogenated alkanes) is 1. The summed E-state index contributed by atoms with van der Waals surface area (Å²) in [5, 5.41) is 0. The van der Waals surface area contributed by atoms with E-state index in [2.05, 4.69) is 33.8 Å².